The van der Waals surface area contributed by atoms with E-state index < -0.39 is 0 Å². The highest BCUT2D eigenvalue weighted by molar-refractivity contribution is 6.38. The molecule has 0 radical (unpaired) electrons. The first-order valence-electron chi connectivity index (χ1n) is 6.51. The van der Waals surface area contributed by atoms with E-state index in [1.807, 2.05) is 6.92 Å². The highest BCUT2D eigenvalue weighted by atomic mass is 16.5. The van der Waals surface area contributed by atoms with Gasteiger partial charge >= 0.3 is 0 Å². The number of hydrogen-bond donors (Lipinski definition) is 2. The van der Waals surface area contributed by atoms with E-state index in [1.54, 1.807) is 48.5 Å². The van der Waals surface area contributed by atoms with Crippen LogP contribution in [0.15, 0.2) is 58.7 Å². The van der Waals surface area contributed by atoms with Crippen LogP contribution in [-0.4, -0.2) is 28.8 Å². The van der Waals surface area contributed by atoms with Crippen molar-refractivity contribution in [2.24, 2.45) is 10.1 Å². The lowest BCUT2D eigenvalue weighted by Crippen LogP contribution is -2.02. The normalized spacial score (nSPS) is 11.8. The van der Waals surface area contributed by atoms with Gasteiger partial charge in [-0.3, -0.25) is 4.99 Å². The Balaban J connectivity index is 2.14. The smallest absolute Gasteiger partial charge is 0.128 e. The lowest BCUT2D eigenvalue weighted by atomic mass is 10.1. The molecule has 0 fully saturated rings. The molecule has 2 rings (SSSR count). The molecule has 108 valence electrons. The van der Waals surface area contributed by atoms with Crippen LogP contribution in [0.4, 0.5) is 5.69 Å². The van der Waals surface area contributed by atoms with Crippen molar-refractivity contribution in [3.05, 3.63) is 54.1 Å². The lowest BCUT2D eigenvalue weighted by Gasteiger charge is -2.04. The summed E-state index contributed by atoms with van der Waals surface area (Å²) in [5, 5.41) is 21.5. The summed E-state index contributed by atoms with van der Waals surface area (Å²) < 4.78 is 5.36. The summed E-state index contributed by atoms with van der Waals surface area (Å²) in [5.41, 5.74) is 1.72. The maximum Gasteiger partial charge on any atom is 0.128 e. The lowest BCUT2D eigenvalue weighted by molar-refractivity contribution is 0.320. The minimum Gasteiger partial charge on any atom is -0.508 e. The van der Waals surface area contributed by atoms with Crippen LogP contribution in [0.5, 0.6) is 11.5 Å². The second-order valence-electron chi connectivity index (χ2n) is 4.22. The van der Waals surface area contributed by atoms with Gasteiger partial charge < -0.3 is 15.1 Å². The topological polar surface area (TPSA) is 74.4 Å². The molecule has 0 aromatic heterocycles. The Bertz CT molecular complexity index is 632. The van der Waals surface area contributed by atoms with Gasteiger partial charge in [0.15, 0.2) is 0 Å². The molecule has 5 nitrogen and oxygen atoms in total. The predicted molar refractivity (Wildman–Crippen MR) is 82.2 cm³/mol. The Labute approximate surface area is 122 Å². The van der Waals surface area contributed by atoms with Crippen molar-refractivity contribution >= 4 is 17.6 Å². The molecule has 0 aliphatic rings. The van der Waals surface area contributed by atoms with E-state index in [-0.39, 0.29) is 5.75 Å². The van der Waals surface area contributed by atoms with Gasteiger partial charge in [0.25, 0.3) is 0 Å². The zero-order chi connectivity index (χ0) is 15.1. The Morgan fingerprint density at radius 1 is 1.10 bits per heavy atom. The van der Waals surface area contributed by atoms with Gasteiger partial charge in [0.1, 0.15) is 17.2 Å². The van der Waals surface area contributed by atoms with Gasteiger partial charge in [0.05, 0.1) is 18.5 Å². The molecule has 0 saturated carbocycles. The summed E-state index contributed by atoms with van der Waals surface area (Å²) >= 11 is 0. The molecule has 0 saturated heterocycles. The molecule has 0 spiro atoms. The number of benzene rings is 2. The van der Waals surface area contributed by atoms with Crippen LogP contribution in [0.3, 0.4) is 0 Å². The van der Waals surface area contributed by atoms with Crippen LogP contribution in [-0.2, 0) is 0 Å². The van der Waals surface area contributed by atoms with Crippen molar-refractivity contribution in [2.45, 2.75) is 6.92 Å². The average molecular weight is 284 g/mol. The fraction of sp³-hybridized carbons (Fsp3) is 0.125. The molecular weight excluding hydrogens is 268 g/mol. The van der Waals surface area contributed by atoms with Crippen molar-refractivity contribution in [3.8, 4) is 11.5 Å². The summed E-state index contributed by atoms with van der Waals surface area (Å²) in [6.45, 7) is 2.52. The van der Waals surface area contributed by atoms with Gasteiger partial charge in [0, 0.05) is 5.56 Å². The van der Waals surface area contributed by atoms with E-state index in [0.29, 0.717) is 18.0 Å². The number of phenols is 1. The molecule has 2 aromatic carbocycles. The molecule has 21 heavy (non-hydrogen) atoms. The quantitative estimate of drug-likeness (QED) is 0.502. The number of hydrogen-bond acceptors (Lipinski definition) is 5. The molecular formula is C16H16N2O3. The molecule has 0 atom stereocenters. The van der Waals surface area contributed by atoms with Gasteiger partial charge in [-0.05, 0) is 55.5 Å². The molecule has 2 aromatic rings. The molecule has 5 heteroatoms. The molecule has 2 N–H and O–H groups in total. The van der Waals surface area contributed by atoms with Crippen molar-refractivity contribution < 1.29 is 15.1 Å². The van der Waals surface area contributed by atoms with Crippen LogP contribution in [0.1, 0.15) is 12.5 Å². The largest absolute Gasteiger partial charge is 0.508 e. The molecule has 0 aliphatic carbocycles. The zero-order valence-electron chi connectivity index (χ0n) is 11.6. The van der Waals surface area contributed by atoms with Crippen molar-refractivity contribution in [1.82, 2.24) is 0 Å². The first-order chi connectivity index (χ1) is 10.2. The van der Waals surface area contributed by atoms with Crippen LogP contribution < -0.4 is 4.74 Å². The van der Waals surface area contributed by atoms with Crippen molar-refractivity contribution in [3.63, 3.8) is 0 Å². The van der Waals surface area contributed by atoms with Gasteiger partial charge in [-0.25, -0.2) is 0 Å². The molecule has 0 bridgehead atoms. The fourth-order valence-electron chi connectivity index (χ4n) is 1.72. The van der Waals surface area contributed by atoms with Gasteiger partial charge in [-0.15, -0.1) is 0 Å². The van der Waals surface area contributed by atoms with E-state index in [0.717, 1.165) is 11.3 Å². The highest BCUT2D eigenvalue weighted by Gasteiger charge is 2.02. The Hall–Kier alpha value is -2.82. The molecule has 0 amide bonds. The standard InChI is InChI=1S/C16H16N2O3/c1-2-21-15-9-3-12(4-10-15)16(18-20)11-17-13-5-7-14(19)8-6-13/h3-11,19-20H,2H2,1H3/b17-11?,18-16+. The van der Waals surface area contributed by atoms with Crippen LogP contribution >= 0.6 is 0 Å². The summed E-state index contributed by atoms with van der Waals surface area (Å²) in [4.78, 5) is 4.20. The number of phenolic OH excluding ortho intramolecular Hbond substituents is 1. The zero-order valence-corrected chi connectivity index (χ0v) is 11.6. The maximum atomic E-state index is 9.20. The predicted octanol–water partition coefficient (Wildman–Crippen LogP) is 3.37. The van der Waals surface area contributed by atoms with E-state index >= 15 is 0 Å². The first-order valence-corrected chi connectivity index (χ1v) is 6.51. The Morgan fingerprint density at radius 3 is 2.33 bits per heavy atom. The number of aliphatic imine (C=N–C) groups is 1. The average Bonchev–Trinajstić information content (AvgIpc) is 2.51. The highest BCUT2D eigenvalue weighted by Crippen LogP contribution is 2.17. The second-order valence-corrected chi connectivity index (χ2v) is 4.22. The molecule has 0 unspecified atom stereocenters. The van der Waals surface area contributed by atoms with E-state index in [4.69, 9.17) is 9.94 Å². The van der Waals surface area contributed by atoms with E-state index in [2.05, 4.69) is 10.1 Å². The molecule has 0 aliphatic heterocycles. The van der Waals surface area contributed by atoms with Gasteiger partial charge in [-0.1, -0.05) is 5.16 Å². The number of ether oxygens (including phenoxy) is 1. The van der Waals surface area contributed by atoms with Gasteiger partial charge in [0.2, 0.25) is 0 Å². The van der Waals surface area contributed by atoms with Crippen molar-refractivity contribution in [2.75, 3.05) is 6.61 Å². The minimum atomic E-state index is 0.177. The first kappa shape index (κ1) is 14.6. The third kappa shape index (κ3) is 4.07. The van der Waals surface area contributed by atoms with Crippen LogP contribution in [0.25, 0.3) is 0 Å². The maximum absolute atomic E-state index is 9.20. The molecule has 0 heterocycles. The van der Waals surface area contributed by atoms with Crippen LogP contribution in [0.2, 0.25) is 0 Å². The monoisotopic (exact) mass is 284 g/mol. The minimum absolute atomic E-state index is 0.177. The second kappa shape index (κ2) is 7.09. The van der Waals surface area contributed by atoms with Gasteiger partial charge in [-0.2, -0.15) is 0 Å². The van der Waals surface area contributed by atoms with Crippen LogP contribution in [0, 0.1) is 0 Å². The summed E-state index contributed by atoms with van der Waals surface area (Å²) in [6, 6.07) is 13.6. The fourth-order valence-corrected chi connectivity index (χ4v) is 1.72. The summed E-state index contributed by atoms with van der Waals surface area (Å²) in [5.74, 6) is 0.936. The number of oxime groups is 1. The number of nitrogens with zero attached hydrogens (tertiary/aromatic N) is 2. The Kier molecular flexibility index (Phi) is 4.93. The third-order valence-corrected chi connectivity index (χ3v) is 2.75. The van der Waals surface area contributed by atoms with E-state index in [1.165, 1.54) is 6.21 Å². The summed E-state index contributed by atoms with van der Waals surface area (Å²) in [7, 11) is 0. The van der Waals surface area contributed by atoms with E-state index in [9.17, 15) is 5.11 Å². The SMILES string of the molecule is CCOc1ccc(/C(C=Nc2ccc(O)cc2)=N/O)cc1. The van der Waals surface area contributed by atoms with Crippen molar-refractivity contribution in [1.29, 1.82) is 0 Å². The Morgan fingerprint density at radius 2 is 1.76 bits per heavy atom. The summed E-state index contributed by atoms with van der Waals surface area (Å²) in [6.07, 6.45) is 1.46. The number of rotatable bonds is 5. The number of aromatic hydroxyl groups is 1. The third-order valence-electron chi connectivity index (χ3n) is 2.75.